The lowest BCUT2D eigenvalue weighted by Crippen LogP contribution is -2.50. The second-order valence-electron chi connectivity index (χ2n) is 5.25. The highest BCUT2D eigenvalue weighted by atomic mass is 32.7. The fourth-order valence-electron chi connectivity index (χ4n) is 1.74. The second-order valence-corrected chi connectivity index (χ2v) is 13.8. The van der Waals surface area contributed by atoms with Gasteiger partial charge in [0.1, 0.15) is 0 Å². The number of hydrogen-bond donors (Lipinski definition) is 3. The molecule has 0 aliphatic carbocycles. The largest absolute Gasteiger partial charge is 0.384 e. The first-order chi connectivity index (χ1) is 8.71. The second kappa shape index (κ2) is 7.06. The van der Waals surface area contributed by atoms with E-state index < -0.39 is 14.9 Å². The minimum absolute atomic E-state index is 0.433. The Labute approximate surface area is 119 Å². The van der Waals surface area contributed by atoms with Crippen LogP contribution >= 0.6 is 18.2 Å². The van der Waals surface area contributed by atoms with Crippen molar-refractivity contribution in [2.45, 2.75) is 20.0 Å². The van der Waals surface area contributed by atoms with Gasteiger partial charge in [-0.1, -0.05) is 48.1 Å². The quantitative estimate of drug-likeness (QED) is 0.407. The van der Waals surface area contributed by atoms with E-state index in [-0.39, 0.29) is 0 Å². The average Bonchev–Trinajstić information content (AvgIpc) is 2.27. The van der Waals surface area contributed by atoms with Crippen molar-refractivity contribution in [3.63, 3.8) is 0 Å². The zero-order valence-electron chi connectivity index (χ0n) is 11.6. The molecule has 19 heavy (non-hydrogen) atoms. The first-order valence-corrected chi connectivity index (χ1v) is 12.6. The maximum atomic E-state index is 10.7. The molecule has 1 aromatic carbocycles. The maximum absolute atomic E-state index is 10.7. The highest BCUT2D eigenvalue weighted by Crippen LogP contribution is 2.49. The van der Waals surface area contributed by atoms with Crippen LogP contribution in [0.3, 0.4) is 0 Å². The molecule has 1 rings (SSSR count). The molecule has 0 fully saturated rings. The highest BCUT2D eigenvalue weighted by molar-refractivity contribution is 8.54. The zero-order valence-corrected chi connectivity index (χ0v) is 14.3. The van der Waals surface area contributed by atoms with Gasteiger partial charge < -0.3 is 15.1 Å². The summed E-state index contributed by atoms with van der Waals surface area (Å²) in [5, 5.41) is 4.71. The van der Waals surface area contributed by atoms with Crippen LogP contribution in [0.1, 0.15) is 5.56 Å². The summed E-state index contributed by atoms with van der Waals surface area (Å²) in [5.41, 5.74) is 1.26. The molecule has 0 saturated carbocycles. The van der Waals surface area contributed by atoms with Gasteiger partial charge >= 0.3 is 6.80 Å². The first kappa shape index (κ1) is 16.9. The molecule has 0 aliphatic rings. The van der Waals surface area contributed by atoms with E-state index in [0.717, 1.165) is 6.17 Å². The van der Waals surface area contributed by atoms with Gasteiger partial charge in [-0.15, -0.1) is 0 Å². The predicted octanol–water partition coefficient (Wildman–Crippen LogP) is 1.87. The fraction of sp³-hybridized carbons (Fsp3) is 0.500. The van der Waals surface area contributed by atoms with Gasteiger partial charge in [0.25, 0.3) is 0 Å². The minimum Gasteiger partial charge on any atom is -0.318 e. The van der Waals surface area contributed by atoms with Crippen molar-refractivity contribution in [2.75, 3.05) is 18.5 Å². The molecule has 0 aliphatic heterocycles. The van der Waals surface area contributed by atoms with E-state index in [9.17, 15) is 4.57 Å². The molecule has 0 amide bonds. The van der Waals surface area contributed by atoms with Crippen LogP contribution in [0.4, 0.5) is 0 Å². The molecule has 0 unspecified atom stereocenters. The summed E-state index contributed by atoms with van der Waals surface area (Å²) in [7, 11) is -1.51. The molecule has 108 valence electrons. The van der Waals surface area contributed by atoms with E-state index in [1.165, 1.54) is 10.8 Å². The van der Waals surface area contributed by atoms with E-state index in [0.29, 0.717) is 23.7 Å². The van der Waals surface area contributed by atoms with Gasteiger partial charge in [-0.05, 0) is 24.5 Å². The van der Waals surface area contributed by atoms with E-state index in [1.807, 2.05) is 0 Å². The van der Waals surface area contributed by atoms with Crippen molar-refractivity contribution in [1.82, 2.24) is 5.32 Å². The van der Waals surface area contributed by atoms with Crippen LogP contribution < -0.4 is 10.5 Å². The number of aryl methyl sites for hydroxylation is 1. The zero-order chi connectivity index (χ0) is 14.5. The molecule has 0 spiro atoms. The van der Waals surface area contributed by atoms with Gasteiger partial charge in [-0.3, -0.25) is 0 Å². The summed E-state index contributed by atoms with van der Waals surface area (Å²) in [6, 6.07) is 8.64. The fourth-order valence-corrected chi connectivity index (χ4v) is 5.28. The Hall–Kier alpha value is -0.103. The third kappa shape index (κ3) is 6.74. The molecular formula is C12H22NO3PSSi. The van der Waals surface area contributed by atoms with Crippen molar-refractivity contribution >= 4 is 31.4 Å². The third-order valence-corrected chi connectivity index (χ3v) is 8.25. The SMILES string of the molecule is Cc1ccc([Si](C)(C)CNCCSP(=O)(O)O)cc1. The van der Waals surface area contributed by atoms with E-state index in [4.69, 9.17) is 9.79 Å². The van der Waals surface area contributed by atoms with Crippen LogP contribution in [0, 0.1) is 6.92 Å². The molecule has 0 heterocycles. The monoisotopic (exact) mass is 319 g/mol. The summed E-state index contributed by atoms with van der Waals surface area (Å²) >= 11 is 0.702. The molecule has 4 nitrogen and oxygen atoms in total. The lowest BCUT2D eigenvalue weighted by molar-refractivity contribution is 0.397. The number of nitrogens with one attached hydrogen (secondary N) is 1. The molecular weight excluding hydrogens is 297 g/mol. The van der Waals surface area contributed by atoms with Crippen molar-refractivity contribution in [1.29, 1.82) is 0 Å². The van der Waals surface area contributed by atoms with Crippen molar-refractivity contribution in [3.05, 3.63) is 29.8 Å². The van der Waals surface area contributed by atoms with E-state index >= 15 is 0 Å². The van der Waals surface area contributed by atoms with Crippen molar-refractivity contribution in [2.24, 2.45) is 0 Å². The molecule has 7 heteroatoms. The molecule has 0 radical (unpaired) electrons. The molecule has 0 atom stereocenters. The number of rotatable bonds is 7. The highest BCUT2D eigenvalue weighted by Gasteiger charge is 2.22. The summed E-state index contributed by atoms with van der Waals surface area (Å²) in [6.07, 6.45) is 0.914. The average molecular weight is 319 g/mol. The van der Waals surface area contributed by atoms with Crippen LogP contribution in [-0.4, -0.2) is 36.3 Å². The maximum Gasteiger partial charge on any atom is 0.384 e. The van der Waals surface area contributed by atoms with E-state index in [2.05, 4.69) is 49.6 Å². The van der Waals surface area contributed by atoms with Crippen LogP contribution in [0.5, 0.6) is 0 Å². The Balaban J connectivity index is 2.39. The van der Waals surface area contributed by atoms with Crippen LogP contribution in [0.25, 0.3) is 0 Å². The first-order valence-electron chi connectivity index (χ1n) is 6.19. The summed E-state index contributed by atoms with van der Waals surface area (Å²) in [5.74, 6) is 0.433. The Morgan fingerprint density at radius 2 is 1.84 bits per heavy atom. The van der Waals surface area contributed by atoms with Gasteiger partial charge in [0.2, 0.25) is 0 Å². The summed E-state index contributed by atoms with van der Waals surface area (Å²) in [4.78, 5) is 17.5. The summed E-state index contributed by atoms with van der Waals surface area (Å²) < 4.78 is 10.7. The van der Waals surface area contributed by atoms with Crippen LogP contribution in [0.15, 0.2) is 24.3 Å². The van der Waals surface area contributed by atoms with Crippen molar-refractivity contribution < 1.29 is 14.4 Å². The lowest BCUT2D eigenvalue weighted by atomic mass is 10.2. The van der Waals surface area contributed by atoms with Gasteiger partial charge in [0, 0.05) is 12.3 Å². The third-order valence-electron chi connectivity index (χ3n) is 2.94. The predicted molar refractivity (Wildman–Crippen MR) is 85.7 cm³/mol. The number of benzene rings is 1. The number of hydrogen-bond acceptors (Lipinski definition) is 3. The van der Waals surface area contributed by atoms with Gasteiger partial charge in [-0.2, -0.15) is 0 Å². The summed E-state index contributed by atoms with van der Waals surface area (Å²) in [6.45, 7) is 3.37. The molecule has 0 aromatic heterocycles. The smallest absolute Gasteiger partial charge is 0.318 e. The standard InChI is InChI=1S/C12H22NO3PSSi/c1-11-4-6-12(7-5-11)19(2,3)10-13-8-9-18-17(14,15)16/h4-7,13H,8-10H2,1-3H3,(H2,14,15,16). The Kier molecular flexibility index (Phi) is 6.30. The molecule has 3 N–H and O–H groups in total. The Morgan fingerprint density at radius 3 is 2.37 bits per heavy atom. The molecule has 0 bridgehead atoms. The Morgan fingerprint density at radius 1 is 1.26 bits per heavy atom. The Bertz CT molecular complexity index is 447. The molecule has 1 aromatic rings. The topological polar surface area (TPSA) is 69.6 Å². The minimum atomic E-state index is -3.92. The van der Waals surface area contributed by atoms with Gasteiger partial charge in [-0.25, -0.2) is 4.57 Å². The van der Waals surface area contributed by atoms with E-state index in [1.54, 1.807) is 0 Å². The van der Waals surface area contributed by atoms with Crippen LogP contribution in [-0.2, 0) is 4.57 Å². The van der Waals surface area contributed by atoms with Crippen molar-refractivity contribution in [3.8, 4) is 0 Å². The normalized spacial score (nSPS) is 12.7. The van der Waals surface area contributed by atoms with Gasteiger partial charge in [0.05, 0.1) is 8.07 Å². The van der Waals surface area contributed by atoms with Crippen LogP contribution in [0.2, 0.25) is 13.1 Å². The lowest BCUT2D eigenvalue weighted by Gasteiger charge is -2.23. The van der Waals surface area contributed by atoms with Gasteiger partial charge in [0.15, 0.2) is 0 Å². The molecule has 0 saturated heterocycles.